The number of aliphatic hydroxyl groups is 1. The number of hydrogen-bond donors (Lipinski definition) is 4. The molecule has 0 atom stereocenters. The van der Waals surface area contributed by atoms with Crippen LogP contribution in [0.2, 0.25) is 0 Å². The van der Waals surface area contributed by atoms with Crippen LogP contribution in [0.5, 0.6) is 23.0 Å². The lowest BCUT2D eigenvalue weighted by atomic mass is 9.93. The Morgan fingerprint density at radius 1 is 1.00 bits per heavy atom. The third-order valence-electron chi connectivity index (χ3n) is 6.16. The maximum Gasteiger partial charge on any atom is 0.204 e. The smallest absolute Gasteiger partial charge is 0.204 e. The first-order valence-electron chi connectivity index (χ1n) is 11.5. The molecule has 2 heterocycles. The van der Waals surface area contributed by atoms with Gasteiger partial charge >= 0.3 is 0 Å². The molecule has 2 aromatic carbocycles. The average molecular weight is 479 g/mol. The fraction of sp³-hybridized carbons (Fsp3) is 0.321. The number of phenolic OH excluding ortho intramolecular Hbond substituents is 3. The third kappa shape index (κ3) is 4.28. The second kappa shape index (κ2) is 8.82. The van der Waals surface area contributed by atoms with E-state index in [9.17, 15) is 25.2 Å². The molecule has 0 spiro atoms. The van der Waals surface area contributed by atoms with Crippen LogP contribution in [0.1, 0.15) is 51.3 Å². The number of fused-ring (bicyclic) bond motifs is 3. The fourth-order valence-electron chi connectivity index (χ4n) is 4.22. The Bertz CT molecular complexity index is 1500. The van der Waals surface area contributed by atoms with Crippen molar-refractivity contribution in [2.75, 3.05) is 6.61 Å². The Morgan fingerprint density at radius 2 is 1.69 bits per heavy atom. The normalized spacial score (nSPS) is 14.7. The van der Waals surface area contributed by atoms with Crippen molar-refractivity contribution in [2.45, 2.75) is 53.1 Å². The number of aromatic hydroxyl groups is 3. The molecule has 0 radical (unpaired) electrons. The van der Waals surface area contributed by atoms with Crippen LogP contribution in [0.25, 0.3) is 28.0 Å². The Hall–Kier alpha value is -3.71. The number of aliphatic hydroxyl groups excluding tert-OH is 1. The molecule has 0 saturated heterocycles. The zero-order valence-corrected chi connectivity index (χ0v) is 20.5. The summed E-state index contributed by atoms with van der Waals surface area (Å²) >= 11 is 0. The molecule has 0 unspecified atom stereocenters. The number of allylic oxidation sites excluding steroid dienone is 3. The van der Waals surface area contributed by atoms with Gasteiger partial charge in [0.25, 0.3) is 0 Å². The summed E-state index contributed by atoms with van der Waals surface area (Å²) in [6.07, 6.45) is 7.66. The van der Waals surface area contributed by atoms with Gasteiger partial charge in [0.2, 0.25) is 5.43 Å². The van der Waals surface area contributed by atoms with Crippen molar-refractivity contribution in [1.82, 2.24) is 0 Å². The lowest BCUT2D eigenvalue weighted by Crippen LogP contribution is -2.28. The number of ether oxygens (including phenoxy) is 1. The summed E-state index contributed by atoms with van der Waals surface area (Å²) in [6.45, 7) is 9.23. The molecule has 4 rings (SSSR count). The Morgan fingerprint density at radius 3 is 2.34 bits per heavy atom. The first-order valence-corrected chi connectivity index (χ1v) is 11.5. The largest absolute Gasteiger partial charge is 0.506 e. The molecule has 0 aliphatic carbocycles. The molecule has 35 heavy (non-hydrogen) atoms. The highest BCUT2D eigenvalue weighted by Crippen LogP contribution is 2.46. The predicted octanol–water partition coefficient (Wildman–Crippen LogP) is 5.24. The summed E-state index contributed by atoms with van der Waals surface area (Å²) in [7, 11) is 0. The van der Waals surface area contributed by atoms with Gasteiger partial charge in [-0.05, 0) is 59.6 Å². The molecule has 0 saturated carbocycles. The predicted molar refractivity (Wildman–Crippen MR) is 136 cm³/mol. The van der Waals surface area contributed by atoms with E-state index in [2.05, 4.69) is 0 Å². The van der Waals surface area contributed by atoms with E-state index < -0.39 is 22.5 Å². The van der Waals surface area contributed by atoms with Crippen LogP contribution in [0.15, 0.2) is 44.7 Å². The second-order valence-corrected chi connectivity index (χ2v) is 9.74. The molecule has 184 valence electrons. The highest BCUT2D eigenvalue weighted by atomic mass is 16.5. The molecule has 1 aliphatic rings. The van der Waals surface area contributed by atoms with Crippen LogP contribution in [0, 0.1) is 0 Å². The van der Waals surface area contributed by atoms with Crippen LogP contribution >= 0.6 is 0 Å². The highest BCUT2D eigenvalue weighted by molar-refractivity contribution is 6.01. The Balaban J connectivity index is 2.16. The van der Waals surface area contributed by atoms with Crippen molar-refractivity contribution < 1.29 is 29.6 Å². The molecular formula is C28H30O7. The Labute approximate surface area is 202 Å². The van der Waals surface area contributed by atoms with Gasteiger partial charge in [-0.1, -0.05) is 23.3 Å². The van der Waals surface area contributed by atoms with Gasteiger partial charge in [-0.25, -0.2) is 0 Å². The summed E-state index contributed by atoms with van der Waals surface area (Å²) in [4.78, 5) is 13.8. The van der Waals surface area contributed by atoms with Gasteiger partial charge in [0.05, 0.1) is 17.6 Å². The average Bonchev–Trinajstić information content (AvgIpc) is 2.78. The van der Waals surface area contributed by atoms with E-state index in [4.69, 9.17) is 9.15 Å². The van der Waals surface area contributed by atoms with Gasteiger partial charge in [-0.3, -0.25) is 4.79 Å². The summed E-state index contributed by atoms with van der Waals surface area (Å²) in [5, 5.41) is 41.5. The van der Waals surface area contributed by atoms with Gasteiger partial charge in [0.1, 0.15) is 33.7 Å². The third-order valence-corrected chi connectivity index (χ3v) is 6.16. The molecule has 7 heteroatoms. The van der Waals surface area contributed by atoms with Crippen LogP contribution in [-0.4, -0.2) is 32.6 Å². The summed E-state index contributed by atoms with van der Waals surface area (Å²) in [6, 6.07) is 1.20. The monoisotopic (exact) mass is 478 g/mol. The van der Waals surface area contributed by atoms with Gasteiger partial charge < -0.3 is 29.6 Å². The SMILES string of the molecule is CC(C)=CCc1c2c(c(O)c3c(=O)c4c(C/C=C(/C)CO)c(O)c(O)cc4oc13)C=CC(C)(C)O2. The van der Waals surface area contributed by atoms with E-state index in [0.29, 0.717) is 28.9 Å². The van der Waals surface area contributed by atoms with E-state index >= 15 is 0 Å². The maximum atomic E-state index is 13.8. The van der Waals surface area contributed by atoms with E-state index in [-0.39, 0.29) is 46.3 Å². The zero-order chi connectivity index (χ0) is 25.7. The van der Waals surface area contributed by atoms with Gasteiger partial charge in [0, 0.05) is 17.2 Å². The van der Waals surface area contributed by atoms with Crippen LogP contribution in [-0.2, 0) is 12.8 Å². The van der Waals surface area contributed by atoms with E-state index in [1.54, 1.807) is 19.1 Å². The fourth-order valence-corrected chi connectivity index (χ4v) is 4.22. The van der Waals surface area contributed by atoms with Crippen molar-refractivity contribution in [3.8, 4) is 23.0 Å². The maximum absolute atomic E-state index is 13.8. The lowest BCUT2D eigenvalue weighted by Gasteiger charge is -2.30. The molecule has 7 nitrogen and oxygen atoms in total. The number of rotatable bonds is 5. The number of hydrogen-bond acceptors (Lipinski definition) is 7. The minimum absolute atomic E-state index is 0.0180. The second-order valence-electron chi connectivity index (χ2n) is 9.74. The topological polar surface area (TPSA) is 120 Å². The quantitative estimate of drug-likeness (QED) is 0.225. The molecule has 3 aromatic rings. The highest BCUT2D eigenvalue weighted by Gasteiger charge is 2.31. The van der Waals surface area contributed by atoms with Crippen LogP contribution in [0.4, 0.5) is 0 Å². The van der Waals surface area contributed by atoms with Crippen LogP contribution in [0.3, 0.4) is 0 Å². The van der Waals surface area contributed by atoms with E-state index in [0.717, 1.165) is 5.57 Å². The van der Waals surface area contributed by atoms with Crippen molar-refractivity contribution in [3.63, 3.8) is 0 Å². The molecule has 0 fully saturated rings. The summed E-state index contributed by atoms with van der Waals surface area (Å²) in [5.74, 6) is -0.706. The Kier molecular flexibility index (Phi) is 6.15. The number of benzene rings is 2. The van der Waals surface area contributed by atoms with Crippen molar-refractivity contribution in [3.05, 3.63) is 62.4 Å². The van der Waals surface area contributed by atoms with Crippen LogP contribution < -0.4 is 10.2 Å². The summed E-state index contributed by atoms with van der Waals surface area (Å²) < 4.78 is 12.4. The van der Waals surface area contributed by atoms with E-state index in [1.807, 2.05) is 39.8 Å². The zero-order valence-electron chi connectivity index (χ0n) is 20.5. The minimum Gasteiger partial charge on any atom is -0.506 e. The van der Waals surface area contributed by atoms with Gasteiger partial charge in [-0.15, -0.1) is 0 Å². The minimum atomic E-state index is -0.627. The van der Waals surface area contributed by atoms with Crippen molar-refractivity contribution in [2.24, 2.45) is 0 Å². The van der Waals surface area contributed by atoms with Crippen molar-refractivity contribution in [1.29, 1.82) is 0 Å². The molecule has 1 aromatic heterocycles. The molecule has 0 bridgehead atoms. The molecule has 1 aliphatic heterocycles. The lowest BCUT2D eigenvalue weighted by molar-refractivity contribution is 0.157. The van der Waals surface area contributed by atoms with Gasteiger partial charge in [0.15, 0.2) is 11.5 Å². The van der Waals surface area contributed by atoms with Crippen molar-refractivity contribution >= 4 is 28.0 Å². The molecule has 0 amide bonds. The molecular weight excluding hydrogens is 448 g/mol. The standard InChI is InChI=1S/C28H30O7/c1-14(2)6-8-18-26-17(10-11-28(4,5)35-26)24(32)22-25(33)21-16(9-7-15(3)13-29)23(31)19(30)12-20(21)34-27(18)22/h6-7,10-12,29-32H,8-9,13H2,1-5H3/b15-7-. The first-order chi connectivity index (χ1) is 16.4. The summed E-state index contributed by atoms with van der Waals surface area (Å²) in [5.41, 5.74) is 1.93. The molecule has 4 N–H and O–H groups in total. The number of phenols is 3. The first kappa shape index (κ1) is 24.4. The van der Waals surface area contributed by atoms with Gasteiger partial charge in [-0.2, -0.15) is 0 Å². The van der Waals surface area contributed by atoms with E-state index in [1.165, 1.54) is 6.07 Å².